The molecule has 2 heterocycles. The maximum Gasteiger partial charge on any atom is 0.295 e. The van der Waals surface area contributed by atoms with E-state index >= 15 is 0 Å². The Morgan fingerprint density at radius 2 is 1.72 bits per heavy atom. The number of hydrogen-bond acceptors (Lipinski definition) is 5. The summed E-state index contributed by atoms with van der Waals surface area (Å²) in [6.07, 6.45) is 3.13. The molecular weight excluding hydrogens is 514 g/mol. The van der Waals surface area contributed by atoms with Gasteiger partial charge in [-0.15, -0.1) is 0 Å². The molecule has 39 heavy (non-hydrogen) atoms. The van der Waals surface area contributed by atoms with Gasteiger partial charge in [0, 0.05) is 10.7 Å². The molecule has 1 unspecified atom stereocenters. The average molecular weight is 546 g/mol. The lowest BCUT2D eigenvalue weighted by molar-refractivity contribution is 0.0971. The number of rotatable bonds is 9. The summed E-state index contributed by atoms with van der Waals surface area (Å²) in [5.74, 6) is 0.841. The number of anilines is 1. The third-order valence-corrected chi connectivity index (χ3v) is 7.40. The Morgan fingerprint density at radius 1 is 0.923 bits per heavy atom. The Labute approximate surface area is 233 Å². The molecule has 0 spiro atoms. The normalized spacial score (nSPS) is 14.6. The van der Waals surface area contributed by atoms with Crippen molar-refractivity contribution in [3.63, 3.8) is 0 Å². The molecule has 6 nitrogen and oxygen atoms in total. The summed E-state index contributed by atoms with van der Waals surface area (Å²) in [4.78, 5) is 29.5. The van der Waals surface area contributed by atoms with Crippen LogP contribution in [0.4, 0.5) is 5.69 Å². The number of hydrogen-bond donors (Lipinski definition) is 0. The summed E-state index contributed by atoms with van der Waals surface area (Å²) in [5.41, 5.74) is 3.71. The van der Waals surface area contributed by atoms with Crippen LogP contribution in [0.15, 0.2) is 63.8 Å². The summed E-state index contributed by atoms with van der Waals surface area (Å²) < 4.78 is 18.1. The maximum absolute atomic E-state index is 14.0. The number of unbranched alkanes of at least 4 members (excludes halogenated alkanes) is 2. The fourth-order valence-corrected chi connectivity index (χ4v) is 5.24. The fourth-order valence-electron chi connectivity index (χ4n) is 5.05. The van der Waals surface area contributed by atoms with Crippen molar-refractivity contribution in [3.8, 4) is 11.5 Å². The minimum Gasteiger partial charge on any atom is -0.490 e. The summed E-state index contributed by atoms with van der Waals surface area (Å²) in [6, 6.07) is 15.5. The molecule has 0 radical (unpaired) electrons. The van der Waals surface area contributed by atoms with Crippen molar-refractivity contribution in [1.82, 2.24) is 0 Å². The van der Waals surface area contributed by atoms with Crippen LogP contribution in [0.25, 0.3) is 11.0 Å². The fraction of sp³-hybridized carbons (Fsp3) is 0.312. The number of halogens is 1. The molecule has 4 aromatic rings. The highest BCUT2D eigenvalue weighted by molar-refractivity contribution is 6.31. The van der Waals surface area contributed by atoms with E-state index in [1.807, 2.05) is 51.1 Å². The first-order valence-corrected chi connectivity index (χ1v) is 13.8. The van der Waals surface area contributed by atoms with Crippen LogP contribution in [0.5, 0.6) is 11.5 Å². The number of benzene rings is 3. The summed E-state index contributed by atoms with van der Waals surface area (Å²) in [5, 5.41) is 0.931. The Morgan fingerprint density at radius 3 is 2.46 bits per heavy atom. The van der Waals surface area contributed by atoms with Gasteiger partial charge in [-0.3, -0.25) is 14.5 Å². The number of nitrogens with zero attached hydrogens (tertiary/aromatic N) is 1. The molecule has 0 bridgehead atoms. The van der Waals surface area contributed by atoms with E-state index in [2.05, 4.69) is 6.92 Å². The Hall–Kier alpha value is -3.77. The van der Waals surface area contributed by atoms with Gasteiger partial charge < -0.3 is 13.9 Å². The van der Waals surface area contributed by atoms with Gasteiger partial charge in [-0.25, -0.2) is 0 Å². The lowest BCUT2D eigenvalue weighted by Gasteiger charge is -2.26. The minimum absolute atomic E-state index is 0.0404. The lowest BCUT2D eigenvalue weighted by Crippen LogP contribution is -2.29. The second-order valence-corrected chi connectivity index (χ2v) is 10.3. The molecule has 3 aromatic carbocycles. The SMILES string of the molecule is CCCCCOc1ccc(C2c3c(oc4cc(C)c(C)cc4c3=O)C(=O)N2c2cccc(Cl)c2)cc1OCC. The van der Waals surface area contributed by atoms with Gasteiger partial charge in [0.25, 0.3) is 5.91 Å². The number of amides is 1. The van der Waals surface area contributed by atoms with E-state index in [0.717, 1.165) is 30.4 Å². The standard InChI is InChI=1S/C32H32ClNO5/c1-5-7-8-14-38-25-13-12-21(17-27(25)37-6-2)29-28-30(35)24-15-19(3)20(4)16-26(24)39-31(28)32(36)34(29)23-11-9-10-22(33)18-23/h9-13,15-18,29H,5-8,14H2,1-4H3. The van der Waals surface area contributed by atoms with Crippen molar-refractivity contribution >= 4 is 34.2 Å². The van der Waals surface area contributed by atoms with Crippen LogP contribution in [0.1, 0.15) is 72.0 Å². The third-order valence-electron chi connectivity index (χ3n) is 7.16. The molecular formula is C32H32ClNO5. The second kappa shape index (κ2) is 11.1. The topological polar surface area (TPSA) is 69.0 Å². The van der Waals surface area contributed by atoms with Crippen molar-refractivity contribution in [2.45, 2.75) is 53.0 Å². The highest BCUT2D eigenvalue weighted by Crippen LogP contribution is 2.44. The molecule has 0 saturated carbocycles. The van der Waals surface area contributed by atoms with Crippen LogP contribution in [0.3, 0.4) is 0 Å². The molecule has 1 aliphatic heterocycles. The molecule has 7 heteroatoms. The minimum atomic E-state index is -0.735. The molecule has 1 aliphatic rings. The van der Waals surface area contributed by atoms with Gasteiger partial charge in [-0.1, -0.05) is 43.5 Å². The van der Waals surface area contributed by atoms with Crippen LogP contribution in [0.2, 0.25) is 5.02 Å². The largest absolute Gasteiger partial charge is 0.490 e. The predicted octanol–water partition coefficient (Wildman–Crippen LogP) is 7.78. The first-order chi connectivity index (χ1) is 18.8. The maximum atomic E-state index is 14.0. The molecule has 0 saturated heterocycles. The Kier molecular flexibility index (Phi) is 7.67. The summed E-state index contributed by atoms with van der Waals surface area (Å²) in [6.45, 7) is 8.99. The highest BCUT2D eigenvalue weighted by Gasteiger charge is 2.44. The summed E-state index contributed by atoms with van der Waals surface area (Å²) >= 11 is 6.33. The van der Waals surface area contributed by atoms with Gasteiger partial charge in [-0.2, -0.15) is 0 Å². The van der Waals surface area contributed by atoms with E-state index in [1.165, 1.54) is 0 Å². The highest BCUT2D eigenvalue weighted by atomic mass is 35.5. The van der Waals surface area contributed by atoms with Gasteiger partial charge >= 0.3 is 0 Å². The molecule has 0 N–H and O–H groups in total. The molecule has 1 atom stereocenters. The zero-order chi connectivity index (χ0) is 27.7. The Bertz CT molecular complexity index is 1610. The number of fused-ring (bicyclic) bond motifs is 2. The first kappa shape index (κ1) is 26.8. The van der Waals surface area contributed by atoms with Crippen molar-refractivity contribution in [2.24, 2.45) is 0 Å². The van der Waals surface area contributed by atoms with Crippen LogP contribution in [-0.4, -0.2) is 19.1 Å². The molecule has 0 aliphatic carbocycles. The van der Waals surface area contributed by atoms with E-state index in [1.54, 1.807) is 29.2 Å². The average Bonchev–Trinajstić information content (AvgIpc) is 3.21. The summed E-state index contributed by atoms with van der Waals surface area (Å²) in [7, 11) is 0. The van der Waals surface area contributed by atoms with E-state index in [9.17, 15) is 9.59 Å². The van der Waals surface area contributed by atoms with Gasteiger partial charge in [-0.05, 0) is 86.3 Å². The van der Waals surface area contributed by atoms with Gasteiger partial charge in [0.05, 0.1) is 30.2 Å². The van der Waals surface area contributed by atoms with E-state index in [4.69, 9.17) is 25.5 Å². The number of aryl methyl sites for hydroxylation is 2. The zero-order valence-corrected chi connectivity index (χ0v) is 23.4. The Balaban J connectivity index is 1.70. The lowest BCUT2D eigenvalue weighted by atomic mass is 9.97. The number of ether oxygens (including phenoxy) is 2. The molecule has 1 aromatic heterocycles. The van der Waals surface area contributed by atoms with Crippen LogP contribution in [0, 0.1) is 13.8 Å². The molecule has 1 amide bonds. The quantitative estimate of drug-likeness (QED) is 0.201. The van der Waals surface area contributed by atoms with Gasteiger partial charge in [0.15, 0.2) is 16.9 Å². The van der Waals surface area contributed by atoms with Crippen LogP contribution < -0.4 is 19.8 Å². The van der Waals surface area contributed by atoms with E-state index in [-0.39, 0.29) is 11.2 Å². The van der Waals surface area contributed by atoms with Crippen molar-refractivity contribution in [3.05, 3.63) is 97.9 Å². The second-order valence-electron chi connectivity index (χ2n) is 9.86. The number of carbonyl (C=O) groups excluding carboxylic acids is 1. The van der Waals surface area contributed by atoms with Gasteiger partial charge in [0.2, 0.25) is 5.76 Å². The van der Waals surface area contributed by atoms with Crippen LogP contribution >= 0.6 is 11.6 Å². The van der Waals surface area contributed by atoms with Crippen molar-refractivity contribution < 1.29 is 18.7 Å². The molecule has 0 fully saturated rings. The predicted molar refractivity (Wildman–Crippen MR) is 155 cm³/mol. The zero-order valence-electron chi connectivity index (χ0n) is 22.7. The number of carbonyl (C=O) groups is 1. The first-order valence-electron chi connectivity index (χ1n) is 13.4. The van der Waals surface area contributed by atoms with Crippen LogP contribution in [-0.2, 0) is 0 Å². The van der Waals surface area contributed by atoms with Gasteiger partial charge in [0.1, 0.15) is 5.58 Å². The van der Waals surface area contributed by atoms with E-state index in [0.29, 0.717) is 57.5 Å². The smallest absolute Gasteiger partial charge is 0.295 e. The van der Waals surface area contributed by atoms with E-state index < -0.39 is 11.9 Å². The molecule has 202 valence electrons. The molecule has 5 rings (SSSR count). The monoisotopic (exact) mass is 545 g/mol. The third kappa shape index (κ3) is 5.01. The van der Waals surface area contributed by atoms with Crippen molar-refractivity contribution in [1.29, 1.82) is 0 Å². The van der Waals surface area contributed by atoms with Crippen molar-refractivity contribution in [2.75, 3.05) is 18.1 Å².